The summed E-state index contributed by atoms with van der Waals surface area (Å²) in [6, 6.07) is 5.63. The Morgan fingerprint density at radius 2 is 2.26 bits per heavy atom. The number of benzene rings is 1. The molecule has 2 rings (SSSR count). The van der Waals surface area contributed by atoms with Crippen molar-refractivity contribution in [3.63, 3.8) is 0 Å². The number of ether oxygens (including phenoxy) is 2. The van der Waals surface area contributed by atoms with E-state index in [2.05, 4.69) is 5.32 Å². The molecule has 0 unspecified atom stereocenters. The van der Waals surface area contributed by atoms with E-state index in [1.807, 2.05) is 0 Å². The molecule has 0 atom stereocenters. The molecule has 0 saturated heterocycles. The quantitative estimate of drug-likeness (QED) is 0.728. The van der Waals surface area contributed by atoms with E-state index in [0.29, 0.717) is 36.3 Å². The van der Waals surface area contributed by atoms with E-state index < -0.39 is 0 Å². The monoisotopic (exact) mass is 264 g/mol. The van der Waals surface area contributed by atoms with Crippen LogP contribution >= 0.6 is 0 Å². The lowest BCUT2D eigenvalue weighted by molar-refractivity contribution is 0.0946. The highest BCUT2D eigenvalue weighted by Crippen LogP contribution is 2.32. The lowest BCUT2D eigenvalue weighted by Gasteiger charge is -2.14. The molecule has 1 saturated carbocycles. The molecule has 104 valence electrons. The highest BCUT2D eigenvalue weighted by atomic mass is 16.5. The zero-order valence-corrected chi connectivity index (χ0v) is 11.1. The number of carbonyl (C=O) groups is 1. The average Bonchev–Trinajstić information content (AvgIpc) is 3.23. The van der Waals surface area contributed by atoms with E-state index in [0.717, 1.165) is 19.3 Å². The van der Waals surface area contributed by atoms with E-state index in [1.54, 1.807) is 25.3 Å². The van der Waals surface area contributed by atoms with Gasteiger partial charge in [-0.05, 0) is 37.9 Å². The third-order valence-electron chi connectivity index (χ3n) is 2.95. The van der Waals surface area contributed by atoms with Crippen LogP contribution in [0.5, 0.6) is 11.5 Å². The third-order valence-corrected chi connectivity index (χ3v) is 2.95. The van der Waals surface area contributed by atoms with Crippen molar-refractivity contribution < 1.29 is 14.3 Å². The van der Waals surface area contributed by atoms with Crippen LogP contribution in [-0.2, 0) is 0 Å². The Hall–Kier alpha value is -1.75. The number of hydrogen-bond donors (Lipinski definition) is 2. The summed E-state index contributed by atoms with van der Waals surface area (Å²) < 4.78 is 10.9. The summed E-state index contributed by atoms with van der Waals surface area (Å²) in [5.41, 5.74) is 5.96. The molecule has 0 heterocycles. The summed E-state index contributed by atoms with van der Waals surface area (Å²) in [6.45, 7) is 1.03. The van der Waals surface area contributed by atoms with Crippen molar-refractivity contribution in [3.05, 3.63) is 23.8 Å². The number of hydrogen-bond acceptors (Lipinski definition) is 4. The van der Waals surface area contributed by atoms with E-state index >= 15 is 0 Å². The molecule has 5 heteroatoms. The normalized spacial score (nSPS) is 14.0. The van der Waals surface area contributed by atoms with Crippen molar-refractivity contribution in [2.45, 2.75) is 25.3 Å². The van der Waals surface area contributed by atoms with Gasteiger partial charge in [0.15, 0.2) is 11.5 Å². The maximum Gasteiger partial charge on any atom is 0.255 e. The molecule has 1 amide bonds. The van der Waals surface area contributed by atoms with Crippen LogP contribution in [0, 0.1) is 0 Å². The second-order valence-corrected chi connectivity index (χ2v) is 4.58. The first-order chi connectivity index (χ1) is 9.26. The molecule has 0 aromatic heterocycles. The fourth-order valence-electron chi connectivity index (χ4n) is 1.75. The van der Waals surface area contributed by atoms with Gasteiger partial charge in [0.2, 0.25) is 0 Å². The van der Waals surface area contributed by atoms with Gasteiger partial charge in [-0.1, -0.05) is 6.07 Å². The van der Waals surface area contributed by atoms with E-state index in [-0.39, 0.29) is 5.91 Å². The summed E-state index contributed by atoms with van der Waals surface area (Å²) in [5, 5.41) is 2.95. The lowest BCUT2D eigenvalue weighted by atomic mass is 10.1. The molecule has 0 radical (unpaired) electrons. The molecule has 0 spiro atoms. The molecule has 0 bridgehead atoms. The number of para-hydroxylation sites is 1. The predicted molar refractivity (Wildman–Crippen MR) is 72.6 cm³/mol. The van der Waals surface area contributed by atoms with Crippen LogP contribution in [0.4, 0.5) is 0 Å². The van der Waals surface area contributed by atoms with Gasteiger partial charge in [-0.3, -0.25) is 4.79 Å². The second kappa shape index (κ2) is 6.43. The number of methoxy groups -OCH3 is 1. The van der Waals surface area contributed by atoms with Gasteiger partial charge in [-0.15, -0.1) is 0 Å². The van der Waals surface area contributed by atoms with E-state index in [4.69, 9.17) is 15.2 Å². The van der Waals surface area contributed by atoms with Crippen molar-refractivity contribution in [2.24, 2.45) is 5.73 Å². The Balaban J connectivity index is 2.16. The van der Waals surface area contributed by atoms with Gasteiger partial charge < -0.3 is 20.5 Å². The zero-order chi connectivity index (χ0) is 13.7. The minimum atomic E-state index is -0.107. The van der Waals surface area contributed by atoms with Crippen LogP contribution in [0.2, 0.25) is 0 Å². The molecule has 19 heavy (non-hydrogen) atoms. The van der Waals surface area contributed by atoms with Crippen LogP contribution in [0.15, 0.2) is 18.2 Å². The summed E-state index contributed by atoms with van der Waals surface area (Å²) >= 11 is 0. The third kappa shape index (κ3) is 3.61. The fraction of sp³-hybridized carbons (Fsp3) is 0.500. The molecule has 1 fully saturated rings. The summed E-state index contributed by atoms with van der Waals surface area (Å²) in [7, 11) is 1.56. The van der Waals surface area contributed by atoms with Gasteiger partial charge in [0.05, 0.1) is 19.3 Å². The van der Waals surface area contributed by atoms with Gasteiger partial charge in [0.1, 0.15) is 0 Å². The molecule has 0 aliphatic heterocycles. The topological polar surface area (TPSA) is 73.6 Å². The lowest BCUT2D eigenvalue weighted by Crippen LogP contribution is -2.26. The average molecular weight is 264 g/mol. The largest absolute Gasteiger partial charge is 0.493 e. The van der Waals surface area contributed by atoms with Crippen molar-refractivity contribution in [1.29, 1.82) is 0 Å². The second-order valence-electron chi connectivity index (χ2n) is 4.58. The first-order valence-electron chi connectivity index (χ1n) is 6.57. The van der Waals surface area contributed by atoms with Crippen molar-refractivity contribution in [2.75, 3.05) is 20.3 Å². The number of carbonyl (C=O) groups excluding carboxylic acids is 1. The van der Waals surface area contributed by atoms with Gasteiger partial charge in [0.25, 0.3) is 5.91 Å². The van der Waals surface area contributed by atoms with Crippen LogP contribution in [-0.4, -0.2) is 32.2 Å². The predicted octanol–water partition coefficient (Wildman–Crippen LogP) is 1.31. The van der Waals surface area contributed by atoms with Gasteiger partial charge in [0, 0.05) is 6.04 Å². The standard InChI is InChI=1S/C14H20N2O3/c1-18-12-5-2-4-11(13(12)19-9-3-8-15)14(17)16-10-6-7-10/h2,4-5,10H,3,6-9,15H2,1H3,(H,16,17). The first kappa shape index (κ1) is 13.7. The van der Waals surface area contributed by atoms with E-state index in [9.17, 15) is 4.79 Å². The molecular weight excluding hydrogens is 244 g/mol. The Kier molecular flexibility index (Phi) is 4.63. The Bertz CT molecular complexity index is 444. The number of nitrogens with one attached hydrogen (secondary N) is 1. The van der Waals surface area contributed by atoms with Gasteiger partial charge in [-0.25, -0.2) is 0 Å². The minimum Gasteiger partial charge on any atom is -0.493 e. The van der Waals surface area contributed by atoms with Crippen LogP contribution < -0.4 is 20.5 Å². The molecule has 1 aromatic rings. The highest BCUT2D eigenvalue weighted by Gasteiger charge is 2.26. The Morgan fingerprint density at radius 1 is 1.47 bits per heavy atom. The maximum atomic E-state index is 12.1. The molecule has 1 aliphatic carbocycles. The molecular formula is C14H20N2O3. The Labute approximate surface area is 113 Å². The molecule has 3 N–H and O–H groups in total. The molecule has 1 aliphatic rings. The number of rotatable bonds is 7. The van der Waals surface area contributed by atoms with Gasteiger partial charge >= 0.3 is 0 Å². The highest BCUT2D eigenvalue weighted by molar-refractivity contribution is 5.98. The van der Waals surface area contributed by atoms with Gasteiger partial charge in [-0.2, -0.15) is 0 Å². The van der Waals surface area contributed by atoms with Crippen LogP contribution in [0.3, 0.4) is 0 Å². The number of amides is 1. The maximum absolute atomic E-state index is 12.1. The van der Waals surface area contributed by atoms with Crippen molar-refractivity contribution in [1.82, 2.24) is 5.32 Å². The number of nitrogens with two attached hydrogens (primary N) is 1. The summed E-state index contributed by atoms with van der Waals surface area (Å²) in [5.74, 6) is 0.959. The summed E-state index contributed by atoms with van der Waals surface area (Å²) in [6.07, 6.45) is 2.85. The fourth-order valence-corrected chi connectivity index (χ4v) is 1.75. The summed E-state index contributed by atoms with van der Waals surface area (Å²) in [4.78, 5) is 12.1. The van der Waals surface area contributed by atoms with Crippen LogP contribution in [0.1, 0.15) is 29.6 Å². The Morgan fingerprint density at radius 3 is 2.89 bits per heavy atom. The molecule has 1 aromatic carbocycles. The SMILES string of the molecule is COc1cccc(C(=O)NC2CC2)c1OCCCN. The van der Waals surface area contributed by atoms with Crippen molar-refractivity contribution >= 4 is 5.91 Å². The minimum absolute atomic E-state index is 0.107. The molecule has 5 nitrogen and oxygen atoms in total. The van der Waals surface area contributed by atoms with Crippen LogP contribution in [0.25, 0.3) is 0 Å². The van der Waals surface area contributed by atoms with E-state index in [1.165, 1.54) is 0 Å². The zero-order valence-electron chi connectivity index (χ0n) is 11.1. The smallest absolute Gasteiger partial charge is 0.255 e. The van der Waals surface area contributed by atoms with Crippen molar-refractivity contribution in [3.8, 4) is 11.5 Å². The first-order valence-corrected chi connectivity index (χ1v) is 6.57.